The average Bonchev–Trinajstić information content (AvgIpc) is 2.65. The molecule has 27 heavy (non-hydrogen) atoms. The normalized spacial score (nSPS) is 14.6. The first kappa shape index (κ1) is 19.6. The van der Waals surface area contributed by atoms with Gasteiger partial charge in [0.05, 0.1) is 0 Å². The van der Waals surface area contributed by atoms with Gasteiger partial charge < -0.3 is 4.90 Å². The summed E-state index contributed by atoms with van der Waals surface area (Å²) in [6, 6.07) is 12.7. The molecule has 1 aliphatic rings. The van der Waals surface area contributed by atoms with Crippen LogP contribution in [0.1, 0.15) is 30.0 Å². The zero-order chi connectivity index (χ0) is 19.4. The lowest BCUT2D eigenvalue weighted by atomic mass is 9.99. The Kier molecular flexibility index (Phi) is 5.99. The molecule has 7 heteroatoms. The zero-order valence-electron chi connectivity index (χ0n) is 15.0. The predicted octanol–water partition coefficient (Wildman–Crippen LogP) is 3.73. The van der Waals surface area contributed by atoms with Crippen LogP contribution in [0.5, 0.6) is 0 Å². The van der Waals surface area contributed by atoms with Crippen molar-refractivity contribution in [3.63, 3.8) is 0 Å². The van der Waals surface area contributed by atoms with Crippen molar-refractivity contribution in [2.45, 2.75) is 26.3 Å². The Hall–Kier alpha value is -2.15. The predicted molar refractivity (Wildman–Crippen MR) is 109 cm³/mol. The van der Waals surface area contributed by atoms with Crippen molar-refractivity contribution in [1.82, 2.24) is 4.72 Å². The van der Waals surface area contributed by atoms with E-state index in [4.69, 9.17) is 11.6 Å². The Balaban J connectivity index is 1.68. The lowest BCUT2D eigenvalue weighted by molar-refractivity contribution is -0.118. The van der Waals surface area contributed by atoms with E-state index < -0.39 is 10.0 Å². The summed E-state index contributed by atoms with van der Waals surface area (Å²) < 4.78 is 27.0. The molecule has 0 bridgehead atoms. The molecule has 5 nitrogen and oxygen atoms in total. The van der Waals surface area contributed by atoms with Gasteiger partial charge in [-0.25, -0.2) is 13.1 Å². The number of nitrogens with one attached hydrogen (secondary N) is 1. The summed E-state index contributed by atoms with van der Waals surface area (Å²) in [7, 11) is -3.57. The highest BCUT2D eigenvalue weighted by atomic mass is 35.5. The number of hydrogen-bond donors (Lipinski definition) is 1. The van der Waals surface area contributed by atoms with Crippen molar-refractivity contribution in [2.75, 3.05) is 11.4 Å². The van der Waals surface area contributed by atoms with Crippen molar-refractivity contribution < 1.29 is 13.2 Å². The number of nitrogens with zero attached hydrogens (tertiary/aromatic N) is 1. The summed E-state index contributed by atoms with van der Waals surface area (Å²) in [6.45, 7) is 2.77. The molecule has 0 aromatic heterocycles. The smallest absolute Gasteiger partial charge is 0.234 e. The van der Waals surface area contributed by atoms with Crippen molar-refractivity contribution >= 4 is 39.3 Å². The monoisotopic (exact) mass is 404 g/mol. The Labute approximate surface area is 164 Å². The average molecular weight is 405 g/mol. The molecule has 0 unspecified atom stereocenters. The number of hydrogen-bond acceptors (Lipinski definition) is 3. The number of benzene rings is 2. The van der Waals surface area contributed by atoms with Gasteiger partial charge in [0.25, 0.3) is 0 Å². The first-order chi connectivity index (χ1) is 12.9. The largest absolute Gasteiger partial charge is 0.312 e. The minimum absolute atomic E-state index is 0.129. The van der Waals surface area contributed by atoms with E-state index in [1.807, 2.05) is 25.1 Å². The van der Waals surface area contributed by atoms with Gasteiger partial charge in [-0.15, -0.1) is 0 Å². The molecular weight excluding hydrogens is 384 g/mol. The van der Waals surface area contributed by atoms with E-state index in [1.165, 1.54) is 6.08 Å². The molecule has 0 fully saturated rings. The summed E-state index contributed by atoms with van der Waals surface area (Å²) in [6.07, 6.45) is 2.67. The van der Waals surface area contributed by atoms with Crippen LogP contribution in [0.2, 0.25) is 5.02 Å². The molecule has 2 aromatic rings. The second kappa shape index (κ2) is 8.25. The Morgan fingerprint density at radius 1 is 1.19 bits per heavy atom. The van der Waals surface area contributed by atoms with Crippen LogP contribution in [0, 0.1) is 0 Å². The highest BCUT2D eigenvalue weighted by Gasteiger charge is 2.22. The van der Waals surface area contributed by atoms with E-state index >= 15 is 0 Å². The molecule has 0 radical (unpaired) electrons. The Morgan fingerprint density at radius 2 is 2.00 bits per heavy atom. The molecule has 0 spiro atoms. The molecule has 1 heterocycles. The van der Waals surface area contributed by atoms with Crippen LogP contribution in [0.15, 0.2) is 47.9 Å². The van der Waals surface area contributed by atoms with Gasteiger partial charge in [0.15, 0.2) is 0 Å². The highest BCUT2D eigenvalue weighted by Crippen LogP contribution is 2.28. The fourth-order valence-corrected chi connectivity index (χ4v) is 4.08. The SMILES string of the molecule is CCN1C(=O)CCc2cc(CNS(=O)(=O)/C=C/c3cccc(Cl)c3)ccc21. The van der Waals surface area contributed by atoms with Gasteiger partial charge in [0.2, 0.25) is 15.9 Å². The topological polar surface area (TPSA) is 66.5 Å². The summed E-state index contributed by atoms with van der Waals surface area (Å²) in [5.74, 6) is 0.129. The van der Waals surface area contributed by atoms with Gasteiger partial charge in [-0.1, -0.05) is 35.9 Å². The van der Waals surface area contributed by atoms with E-state index in [-0.39, 0.29) is 12.5 Å². The fourth-order valence-electron chi connectivity index (χ4n) is 3.08. The number of rotatable bonds is 6. The maximum atomic E-state index is 12.2. The lowest BCUT2D eigenvalue weighted by Gasteiger charge is -2.28. The second-order valence-corrected chi connectivity index (χ2v) is 8.41. The molecular formula is C20H21ClN2O3S. The molecule has 0 saturated carbocycles. The van der Waals surface area contributed by atoms with Crippen molar-refractivity contribution in [2.24, 2.45) is 0 Å². The maximum absolute atomic E-state index is 12.2. The number of sulfonamides is 1. The molecule has 3 rings (SSSR count). The van der Waals surface area contributed by atoms with E-state index in [0.717, 1.165) is 22.2 Å². The fraction of sp³-hybridized carbons (Fsp3) is 0.250. The maximum Gasteiger partial charge on any atom is 0.234 e. The molecule has 1 amide bonds. The zero-order valence-corrected chi connectivity index (χ0v) is 16.6. The molecule has 0 saturated heterocycles. The van der Waals surface area contributed by atoms with Gasteiger partial charge in [0.1, 0.15) is 0 Å². The number of carbonyl (C=O) groups excluding carboxylic acids is 1. The summed E-state index contributed by atoms with van der Waals surface area (Å²) in [4.78, 5) is 13.7. The quantitative estimate of drug-likeness (QED) is 0.797. The molecule has 2 aromatic carbocycles. The number of carbonyl (C=O) groups is 1. The van der Waals surface area contributed by atoms with Crippen molar-refractivity contribution in [3.8, 4) is 0 Å². The van der Waals surface area contributed by atoms with E-state index in [1.54, 1.807) is 29.2 Å². The summed E-state index contributed by atoms with van der Waals surface area (Å²) in [5, 5.41) is 1.69. The minimum atomic E-state index is -3.57. The van der Waals surface area contributed by atoms with Gasteiger partial charge in [-0.2, -0.15) is 0 Å². The van der Waals surface area contributed by atoms with Crippen LogP contribution in [0.3, 0.4) is 0 Å². The van der Waals surface area contributed by atoms with Crippen LogP contribution in [-0.2, 0) is 27.8 Å². The van der Waals surface area contributed by atoms with Gasteiger partial charge in [-0.05, 0) is 54.3 Å². The highest BCUT2D eigenvalue weighted by molar-refractivity contribution is 7.92. The first-order valence-electron chi connectivity index (χ1n) is 8.73. The van der Waals surface area contributed by atoms with Crippen LogP contribution in [-0.4, -0.2) is 20.9 Å². The second-order valence-electron chi connectivity index (χ2n) is 6.32. The third-order valence-electron chi connectivity index (χ3n) is 4.43. The molecule has 0 atom stereocenters. The Bertz CT molecular complexity index is 986. The van der Waals surface area contributed by atoms with E-state index in [2.05, 4.69) is 4.72 Å². The standard InChI is InChI=1S/C20H21ClN2O3S/c1-2-23-19-8-6-16(12-17(19)7-9-20(23)24)14-22-27(25,26)11-10-15-4-3-5-18(21)13-15/h3-6,8,10-13,22H,2,7,9,14H2,1H3/b11-10+. The molecule has 0 aliphatic carbocycles. The molecule has 142 valence electrons. The minimum Gasteiger partial charge on any atom is -0.312 e. The van der Waals surface area contributed by atoms with E-state index in [0.29, 0.717) is 30.0 Å². The number of anilines is 1. The van der Waals surface area contributed by atoms with Gasteiger partial charge in [-0.3, -0.25) is 4.79 Å². The van der Waals surface area contributed by atoms with Crippen molar-refractivity contribution in [1.29, 1.82) is 0 Å². The lowest BCUT2D eigenvalue weighted by Crippen LogP contribution is -2.34. The third-order valence-corrected chi connectivity index (χ3v) is 5.70. The molecule has 1 N–H and O–H groups in total. The molecule has 1 aliphatic heterocycles. The number of fused-ring (bicyclic) bond motifs is 1. The van der Waals surface area contributed by atoms with Gasteiger partial charge in [0, 0.05) is 35.6 Å². The van der Waals surface area contributed by atoms with E-state index in [9.17, 15) is 13.2 Å². The van der Waals surface area contributed by atoms with Crippen LogP contribution < -0.4 is 9.62 Å². The van der Waals surface area contributed by atoms with Gasteiger partial charge >= 0.3 is 0 Å². The summed E-state index contributed by atoms with van der Waals surface area (Å²) >= 11 is 5.90. The van der Waals surface area contributed by atoms with Crippen molar-refractivity contribution in [3.05, 3.63) is 69.6 Å². The van der Waals surface area contributed by atoms with Crippen LogP contribution in [0.4, 0.5) is 5.69 Å². The number of aryl methyl sites for hydroxylation is 1. The first-order valence-corrected chi connectivity index (χ1v) is 10.7. The number of amides is 1. The summed E-state index contributed by atoms with van der Waals surface area (Å²) in [5.41, 5.74) is 3.56. The van der Waals surface area contributed by atoms with Crippen LogP contribution >= 0.6 is 11.6 Å². The number of halogens is 1. The Morgan fingerprint density at radius 3 is 2.74 bits per heavy atom. The third kappa shape index (κ3) is 4.97. The van der Waals surface area contributed by atoms with Crippen LogP contribution in [0.25, 0.3) is 6.08 Å².